The van der Waals surface area contributed by atoms with Crippen LogP contribution in [0.15, 0.2) is 91.3 Å². The highest BCUT2D eigenvalue weighted by atomic mass is 16.2. The zero-order chi connectivity index (χ0) is 23.0. The molecule has 33 heavy (non-hydrogen) atoms. The van der Waals surface area contributed by atoms with Crippen LogP contribution in [0.5, 0.6) is 0 Å². The van der Waals surface area contributed by atoms with Crippen LogP contribution in [0.2, 0.25) is 0 Å². The van der Waals surface area contributed by atoms with E-state index in [2.05, 4.69) is 25.9 Å². The zero-order valence-corrected chi connectivity index (χ0v) is 18.1. The molecule has 1 heterocycles. The number of benzene rings is 3. The van der Waals surface area contributed by atoms with Crippen LogP contribution in [0.25, 0.3) is 11.3 Å². The van der Waals surface area contributed by atoms with E-state index < -0.39 is 0 Å². The van der Waals surface area contributed by atoms with Crippen LogP contribution in [0.1, 0.15) is 12.5 Å². The van der Waals surface area contributed by atoms with Crippen LogP contribution < -0.4 is 16.0 Å². The van der Waals surface area contributed by atoms with Gasteiger partial charge in [0, 0.05) is 35.6 Å². The third-order valence-electron chi connectivity index (χ3n) is 4.82. The van der Waals surface area contributed by atoms with Gasteiger partial charge in [0.1, 0.15) is 12.1 Å². The highest BCUT2D eigenvalue weighted by Gasteiger charge is 2.06. The minimum Gasteiger partial charge on any atom is -0.340 e. The number of carbonyl (C=O) groups excluding carboxylic acids is 2. The van der Waals surface area contributed by atoms with E-state index in [1.54, 1.807) is 12.1 Å². The quantitative estimate of drug-likeness (QED) is 0.377. The van der Waals surface area contributed by atoms with Crippen molar-refractivity contribution in [2.75, 3.05) is 16.0 Å². The Bertz CT molecular complexity index is 1240. The maximum absolute atomic E-state index is 12.4. The molecule has 7 heteroatoms. The van der Waals surface area contributed by atoms with Gasteiger partial charge < -0.3 is 16.0 Å². The van der Waals surface area contributed by atoms with Crippen molar-refractivity contribution >= 4 is 34.7 Å². The lowest BCUT2D eigenvalue weighted by molar-refractivity contribution is -0.116. The van der Waals surface area contributed by atoms with Gasteiger partial charge in [-0.15, -0.1) is 0 Å². The topological polar surface area (TPSA) is 96.0 Å². The molecule has 4 rings (SSSR count). The molecule has 0 spiro atoms. The third kappa shape index (κ3) is 6.24. The summed E-state index contributed by atoms with van der Waals surface area (Å²) in [6.45, 7) is 1.46. The molecule has 4 aromatic rings. The number of hydrogen-bond acceptors (Lipinski definition) is 5. The molecule has 0 unspecified atom stereocenters. The lowest BCUT2D eigenvalue weighted by Crippen LogP contribution is -2.14. The molecular weight excluding hydrogens is 414 g/mol. The Morgan fingerprint density at radius 2 is 1.39 bits per heavy atom. The molecule has 0 saturated carbocycles. The van der Waals surface area contributed by atoms with E-state index in [4.69, 9.17) is 0 Å². The van der Waals surface area contributed by atoms with Gasteiger partial charge in [-0.25, -0.2) is 9.97 Å². The van der Waals surface area contributed by atoms with Crippen molar-refractivity contribution in [2.24, 2.45) is 0 Å². The average Bonchev–Trinajstić information content (AvgIpc) is 2.82. The van der Waals surface area contributed by atoms with E-state index in [1.807, 2.05) is 72.8 Å². The number of nitrogens with zero attached hydrogens (tertiary/aromatic N) is 2. The Kier molecular flexibility index (Phi) is 6.70. The Labute approximate surface area is 191 Å². The number of carbonyl (C=O) groups is 2. The van der Waals surface area contributed by atoms with Crippen molar-refractivity contribution < 1.29 is 9.59 Å². The van der Waals surface area contributed by atoms with Crippen molar-refractivity contribution in [1.29, 1.82) is 0 Å². The van der Waals surface area contributed by atoms with E-state index >= 15 is 0 Å². The zero-order valence-electron chi connectivity index (χ0n) is 18.1. The maximum atomic E-state index is 12.4. The van der Waals surface area contributed by atoms with Gasteiger partial charge in [0.2, 0.25) is 11.8 Å². The van der Waals surface area contributed by atoms with Crippen LogP contribution in [-0.2, 0) is 16.0 Å². The van der Waals surface area contributed by atoms with Gasteiger partial charge >= 0.3 is 0 Å². The smallest absolute Gasteiger partial charge is 0.228 e. The SMILES string of the molecule is CC(=O)Nc1ccc(CC(=O)Nc2ccc(Nc3cc(-c4ccccc4)ncn3)cc2)cc1. The largest absolute Gasteiger partial charge is 0.340 e. The number of amides is 2. The monoisotopic (exact) mass is 437 g/mol. The lowest BCUT2D eigenvalue weighted by atomic mass is 10.1. The summed E-state index contributed by atoms with van der Waals surface area (Å²) in [6.07, 6.45) is 1.77. The molecular formula is C26H23N5O2. The molecule has 3 aromatic carbocycles. The summed E-state index contributed by atoms with van der Waals surface area (Å²) in [6, 6.07) is 26.4. The van der Waals surface area contributed by atoms with Crippen molar-refractivity contribution in [2.45, 2.75) is 13.3 Å². The molecule has 7 nitrogen and oxygen atoms in total. The molecule has 0 atom stereocenters. The average molecular weight is 438 g/mol. The maximum Gasteiger partial charge on any atom is 0.228 e. The van der Waals surface area contributed by atoms with Gasteiger partial charge in [-0.05, 0) is 42.0 Å². The second-order valence-corrected chi connectivity index (χ2v) is 7.46. The number of rotatable bonds is 7. The Hall–Kier alpha value is -4.52. The van der Waals surface area contributed by atoms with Crippen molar-refractivity contribution in [3.63, 3.8) is 0 Å². The molecule has 0 aliphatic carbocycles. The standard InChI is InChI=1S/C26H23N5O2/c1-18(32)29-21-9-7-19(8-10-21)15-26(33)31-23-13-11-22(12-14-23)30-25-16-24(27-17-28-25)20-5-3-2-4-6-20/h2-14,16-17H,15H2,1H3,(H,29,32)(H,31,33)(H,27,28,30). The summed E-state index contributed by atoms with van der Waals surface area (Å²) < 4.78 is 0. The fourth-order valence-corrected chi connectivity index (χ4v) is 3.28. The highest BCUT2D eigenvalue weighted by molar-refractivity contribution is 5.93. The molecule has 0 fully saturated rings. The number of hydrogen-bond donors (Lipinski definition) is 3. The number of anilines is 4. The van der Waals surface area contributed by atoms with E-state index in [0.29, 0.717) is 17.2 Å². The van der Waals surface area contributed by atoms with Gasteiger partial charge in [-0.1, -0.05) is 42.5 Å². The van der Waals surface area contributed by atoms with E-state index in [0.717, 1.165) is 22.5 Å². The van der Waals surface area contributed by atoms with Gasteiger partial charge in [-0.2, -0.15) is 0 Å². The summed E-state index contributed by atoms with van der Waals surface area (Å²) in [4.78, 5) is 32.1. The van der Waals surface area contributed by atoms with E-state index in [9.17, 15) is 9.59 Å². The fourth-order valence-electron chi connectivity index (χ4n) is 3.28. The summed E-state index contributed by atoms with van der Waals surface area (Å²) >= 11 is 0. The van der Waals surface area contributed by atoms with Crippen molar-refractivity contribution in [1.82, 2.24) is 9.97 Å². The van der Waals surface area contributed by atoms with Gasteiger partial charge in [0.15, 0.2) is 0 Å². The minimum atomic E-state index is -0.130. The molecule has 0 aliphatic rings. The molecule has 0 aliphatic heterocycles. The highest BCUT2D eigenvalue weighted by Crippen LogP contribution is 2.22. The summed E-state index contributed by atoms with van der Waals surface area (Å²) in [5.74, 6) is 0.435. The van der Waals surface area contributed by atoms with E-state index in [-0.39, 0.29) is 18.2 Å². The van der Waals surface area contributed by atoms with Gasteiger partial charge in [-0.3, -0.25) is 9.59 Å². The lowest BCUT2D eigenvalue weighted by Gasteiger charge is -2.09. The van der Waals surface area contributed by atoms with Crippen molar-refractivity contribution in [3.05, 3.63) is 96.8 Å². The Morgan fingerprint density at radius 3 is 2.09 bits per heavy atom. The normalized spacial score (nSPS) is 10.3. The van der Waals surface area contributed by atoms with Crippen LogP contribution in [0.4, 0.5) is 22.9 Å². The third-order valence-corrected chi connectivity index (χ3v) is 4.82. The van der Waals surface area contributed by atoms with Gasteiger partial charge in [0.05, 0.1) is 12.1 Å². The summed E-state index contributed by atoms with van der Waals surface area (Å²) in [7, 11) is 0. The van der Waals surface area contributed by atoms with Crippen LogP contribution in [0.3, 0.4) is 0 Å². The Morgan fingerprint density at radius 1 is 0.758 bits per heavy atom. The molecule has 2 amide bonds. The predicted octanol–water partition coefficient (Wildman–Crippen LogP) is 5.03. The minimum absolute atomic E-state index is 0.119. The second kappa shape index (κ2) is 10.2. The van der Waals surface area contributed by atoms with Crippen LogP contribution in [-0.4, -0.2) is 21.8 Å². The molecule has 0 saturated heterocycles. The first-order chi connectivity index (χ1) is 16.0. The fraction of sp³-hybridized carbons (Fsp3) is 0.0769. The second-order valence-electron chi connectivity index (χ2n) is 7.46. The number of aromatic nitrogens is 2. The van der Waals surface area contributed by atoms with Gasteiger partial charge in [0.25, 0.3) is 0 Å². The first-order valence-corrected chi connectivity index (χ1v) is 10.5. The molecule has 164 valence electrons. The summed E-state index contributed by atoms with van der Waals surface area (Å²) in [5, 5.41) is 8.86. The molecule has 0 bridgehead atoms. The van der Waals surface area contributed by atoms with Crippen LogP contribution in [0, 0.1) is 0 Å². The van der Waals surface area contributed by atoms with Crippen molar-refractivity contribution in [3.8, 4) is 11.3 Å². The van der Waals surface area contributed by atoms with E-state index in [1.165, 1.54) is 13.3 Å². The first kappa shape index (κ1) is 21.7. The predicted molar refractivity (Wildman–Crippen MR) is 130 cm³/mol. The number of nitrogens with one attached hydrogen (secondary N) is 3. The molecule has 1 aromatic heterocycles. The molecule has 0 radical (unpaired) electrons. The van der Waals surface area contributed by atoms with Crippen LogP contribution >= 0.6 is 0 Å². The molecule has 3 N–H and O–H groups in total. The Balaban J connectivity index is 1.34. The first-order valence-electron chi connectivity index (χ1n) is 10.5. The summed E-state index contributed by atoms with van der Waals surface area (Å²) in [5.41, 5.74) is 4.97.